The highest BCUT2D eigenvalue weighted by molar-refractivity contribution is 6.33. The summed E-state index contributed by atoms with van der Waals surface area (Å²) in [6.07, 6.45) is 1.57. The van der Waals surface area contributed by atoms with Gasteiger partial charge in [0.1, 0.15) is 0 Å². The Morgan fingerprint density at radius 3 is 3.08 bits per heavy atom. The Balaban J connectivity index is 2.63. The van der Waals surface area contributed by atoms with Gasteiger partial charge in [-0.25, -0.2) is 4.98 Å². The summed E-state index contributed by atoms with van der Waals surface area (Å²) in [4.78, 5) is 15.0. The number of aromatic nitrogens is 1. The lowest BCUT2D eigenvalue weighted by Crippen LogP contribution is -2.25. The first-order valence-corrected chi connectivity index (χ1v) is 4.17. The summed E-state index contributed by atoms with van der Waals surface area (Å²) in [5.74, 6) is 0.229. The molecule has 0 aliphatic rings. The predicted octanol–water partition coefficient (Wildman–Crippen LogP) is 0.893. The lowest BCUT2D eigenvalue weighted by molar-refractivity contribution is -0.115. The normalized spacial score (nSPS) is 9.69. The van der Waals surface area contributed by atoms with Gasteiger partial charge in [0.25, 0.3) is 0 Å². The average molecular weight is 200 g/mol. The van der Waals surface area contributed by atoms with Gasteiger partial charge in [0.15, 0.2) is 5.82 Å². The summed E-state index contributed by atoms with van der Waals surface area (Å²) in [7, 11) is 1.69. The molecule has 0 spiro atoms. The summed E-state index contributed by atoms with van der Waals surface area (Å²) in [5, 5.41) is 5.73. The summed E-state index contributed by atoms with van der Waals surface area (Å²) in [5.41, 5.74) is 0. The smallest absolute Gasteiger partial charge is 0.239 e. The molecular formula is C8H10ClN3O. The van der Waals surface area contributed by atoms with Crippen molar-refractivity contribution < 1.29 is 4.79 Å². The molecule has 0 saturated carbocycles. The van der Waals surface area contributed by atoms with E-state index in [0.717, 1.165) is 0 Å². The number of carbonyl (C=O) groups is 1. The zero-order valence-electron chi connectivity index (χ0n) is 7.17. The van der Waals surface area contributed by atoms with Gasteiger partial charge in [-0.1, -0.05) is 11.6 Å². The monoisotopic (exact) mass is 199 g/mol. The van der Waals surface area contributed by atoms with Crippen LogP contribution in [-0.2, 0) is 4.79 Å². The van der Waals surface area contributed by atoms with E-state index in [1.165, 1.54) is 0 Å². The molecule has 70 valence electrons. The average Bonchev–Trinajstić information content (AvgIpc) is 2.09. The maximum atomic E-state index is 11.1. The van der Waals surface area contributed by atoms with Gasteiger partial charge in [0, 0.05) is 6.20 Å². The van der Waals surface area contributed by atoms with Crippen LogP contribution >= 0.6 is 11.6 Å². The zero-order valence-corrected chi connectivity index (χ0v) is 7.93. The third-order valence-corrected chi connectivity index (χ3v) is 1.66. The van der Waals surface area contributed by atoms with Crippen molar-refractivity contribution in [2.24, 2.45) is 0 Å². The van der Waals surface area contributed by atoms with Gasteiger partial charge < -0.3 is 10.6 Å². The van der Waals surface area contributed by atoms with Gasteiger partial charge in [-0.05, 0) is 19.2 Å². The topological polar surface area (TPSA) is 54.0 Å². The van der Waals surface area contributed by atoms with Crippen LogP contribution in [0.3, 0.4) is 0 Å². The van der Waals surface area contributed by atoms with Crippen molar-refractivity contribution in [1.29, 1.82) is 0 Å². The van der Waals surface area contributed by atoms with Crippen molar-refractivity contribution in [3.63, 3.8) is 0 Å². The third kappa shape index (κ3) is 3.01. The van der Waals surface area contributed by atoms with Crippen LogP contribution in [0.15, 0.2) is 18.3 Å². The second kappa shape index (κ2) is 4.79. The fourth-order valence-electron chi connectivity index (χ4n) is 0.814. The first-order chi connectivity index (χ1) is 6.24. The Kier molecular flexibility index (Phi) is 3.67. The number of nitrogens with zero attached hydrogens (tertiary/aromatic N) is 1. The van der Waals surface area contributed by atoms with Crippen molar-refractivity contribution >= 4 is 23.3 Å². The third-order valence-electron chi connectivity index (χ3n) is 1.35. The molecule has 1 aromatic heterocycles. The van der Waals surface area contributed by atoms with Crippen molar-refractivity contribution in [3.05, 3.63) is 23.4 Å². The Bertz CT molecular complexity index is 303. The quantitative estimate of drug-likeness (QED) is 0.761. The summed E-state index contributed by atoms with van der Waals surface area (Å²) < 4.78 is 0. The largest absolute Gasteiger partial charge is 0.311 e. The predicted molar refractivity (Wildman–Crippen MR) is 51.8 cm³/mol. The molecule has 2 N–H and O–H groups in total. The number of nitrogens with one attached hydrogen (secondary N) is 2. The van der Waals surface area contributed by atoms with Crippen LogP contribution in [0.25, 0.3) is 0 Å². The number of halogens is 1. The SMILES string of the molecule is CNCC(=O)Nc1ncccc1Cl. The second-order valence-corrected chi connectivity index (χ2v) is 2.82. The zero-order chi connectivity index (χ0) is 9.68. The maximum Gasteiger partial charge on any atom is 0.239 e. The Hall–Kier alpha value is -1.13. The van der Waals surface area contributed by atoms with Gasteiger partial charge in [0.2, 0.25) is 5.91 Å². The number of hydrogen-bond donors (Lipinski definition) is 2. The Morgan fingerprint density at radius 2 is 2.46 bits per heavy atom. The minimum Gasteiger partial charge on any atom is -0.311 e. The van der Waals surface area contributed by atoms with E-state index >= 15 is 0 Å². The number of hydrogen-bond acceptors (Lipinski definition) is 3. The second-order valence-electron chi connectivity index (χ2n) is 2.41. The van der Waals surface area contributed by atoms with Crippen LogP contribution in [0.4, 0.5) is 5.82 Å². The van der Waals surface area contributed by atoms with Crippen molar-refractivity contribution in [3.8, 4) is 0 Å². The van der Waals surface area contributed by atoms with Gasteiger partial charge in [-0.3, -0.25) is 4.79 Å². The van der Waals surface area contributed by atoms with Gasteiger partial charge in [-0.2, -0.15) is 0 Å². The molecule has 1 amide bonds. The number of amides is 1. The number of rotatable bonds is 3. The van der Waals surface area contributed by atoms with Crippen LogP contribution in [0.2, 0.25) is 5.02 Å². The molecule has 0 saturated heterocycles. The van der Waals surface area contributed by atoms with E-state index < -0.39 is 0 Å². The Morgan fingerprint density at radius 1 is 1.69 bits per heavy atom. The van der Waals surface area contributed by atoms with Crippen molar-refractivity contribution in [1.82, 2.24) is 10.3 Å². The molecule has 0 atom stereocenters. The molecule has 0 bridgehead atoms. The summed E-state index contributed by atoms with van der Waals surface area (Å²) in [6, 6.07) is 3.37. The van der Waals surface area contributed by atoms with Crippen LogP contribution < -0.4 is 10.6 Å². The van der Waals surface area contributed by atoms with E-state index in [-0.39, 0.29) is 12.5 Å². The lowest BCUT2D eigenvalue weighted by Gasteiger charge is -2.04. The molecule has 0 aliphatic heterocycles. The standard InChI is InChI=1S/C8H10ClN3O/c1-10-5-7(13)12-8-6(9)3-2-4-11-8/h2-4,10H,5H2,1H3,(H,11,12,13). The van der Waals surface area contributed by atoms with E-state index in [4.69, 9.17) is 11.6 Å². The highest BCUT2D eigenvalue weighted by atomic mass is 35.5. The fourth-order valence-corrected chi connectivity index (χ4v) is 0.983. The molecule has 0 aromatic carbocycles. The highest BCUT2D eigenvalue weighted by Gasteiger charge is 2.04. The first kappa shape index (κ1) is 9.95. The van der Waals surface area contributed by atoms with Crippen LogP contribution in [-0.4, -0.2) is 24.5 Å². The summed E-state index contributed by atoms with van der Waals surface area (Å²) >= 11 is 5.77. The van der Waals surface area contributed by atoms with E-state index in [1.807, 2.05) is 0 Å². The molecule has 13 heavy (non-hydrogen) atoms. The van der Waals surface area contributed by atoms with Crippen LogP contribution in [0.5, 0.6) is 0 Å². The minimum absolute atomic E-state index is 0.164. The maximum absolute atomic E-state index is 11.1. The molecule has 0 aliphatic carbocycles. The molecule has 5 heteroatoms. The van der Waals surface area contributed by atoms with Gasteiger partial charge in [-0.15, -0.1) is 0 Å². The van der Waals surface area contributed by atoms with Crippen LogP contribution in [0.1, 0.15) is 0 Å². The molecule has 0 radical (unpaired) electrons. The van der Waals surface area contributed by atoms with E-state index in [2.05, 4.69) is 15.6 Å². The molecule has 0 fully saturated rings. The molecule has 1 aromatic rings. The molecule has 0 unspecified atom stereocenters. The lowest BCUT2D eigenvalue weighted by atomic mass is 10.4. The highest BCUT2D eigenvalue weighted by Crippen LogP contribution is 2.16. The van der Waals surface area contributed by atoms with Crippen molar-refractivity contribution in [2.75, 3.05) is 18.9 Å². The number of carbonyl (C=O) groups excluding carboxylic acids is 1. The summed E-state index contributed by atoms with van der Waals surface area (Å²) in [6.45, 7) is 0.243. The van der Waals surface area contributed by atoms with Gasteiger partial charge >= 0.3 is 0 Å². The minimum atomic E-state index is -0.164. The van der Waals surface area contributed by atoms with E-state index in [0.29, 0.717) is 10.8 Å². The van der Waals surface area contributed by atoms with Crippen molar-refractivity contribution in [2.45, 2.75) is 0 Å². The van der Waals surface area contributed by atoms with Crippen LogP contribution in [0, 0.1) is 0 Å². The molecule has 4 nitrogen and oxygen atoms in total. The number of pyridine rings is 1. The van der Waals surface area contributed by atoms with E-state index in [1.54, 1.807) is 25.4 Å². The molecule has 1 heterocycles. The molecule has 1 rings (SSSR count). The van der Waals surface area contributed by atoms with Gasteiger partial charge in [0.05, 0.1) is 11.6 Å². The fraction of sp³-hybridized carbons (Fsp3) is 0.250. The number of likely N-dealkylation sites (N-methyl/N-ethyl adjacent to an activating group) is 1. The molecular weight excluding hydrogens is 190 g/mol. The Labute approximate surface area is 81.3 Å². The van der Waals surface area contributed by atoms with E-state index in [9.17, 15) is 4.79 Å². The first-order valence-electron chi connectivity index (χ1n) is 3.79. The number of anilines is 1.